The number of aromatic carboxylic acids is 1. The molecular weight excluding hydrogens is 294 g/mol. The van der Waals surface area contributed by atoms with E-state index in [1.165, 1.54) is 12.1 Å². The molecule has 0 atom stereocenters. The molecule has 2 aromatic heterocycles. The van der Waals surface area contributed by atoms with Crippen molar-refractivity contribution in [2.45, 2.75) is 0 Å². The molecule has 1 aromatic carbocycles. The molecule has 0 aliphatic rings. The highest BCUT2D eigenvalue weighted by Crippen LogP contribution is 2.27. The summed E-state index contributed by atoms with van der Waals surface area (Å²) in [6.07, 6.45) is 1.56. The Morgan fingerprint density at radius 3 is 2.48 bits per heavy atom. The van der Waals surface area contributed by atoms with E-state index in [9.17, 15) is 4.79 Å². The third-order valence-electron chi connectivity index (χ3n) is 2.79. The van der Waals surface area contributed by atoms with Gasteiger partial charge >= 0.3 is 5.97 Å². The van der Waals surface area contributed by atoms with Gasteiger partial charge in [0.2, 0.25) is 5.89 Å². The van der Waals surface area contributed by atoms with Crippen LogP contribution in [0.5, 0.6) is 0 Å². The zero-order valence-electron chi connectivity index (χ0n) is 10.5. The summed E-state index contributed by atoms with van der Waals surface area (Å²) in [4.78, 5) is 14.7. The standard InChI is InChI=1S/C14H8ClN3O3/c15-11-10(2-1-7-16-11)13-18-17-12(21-13)8-3-5-9(6-4-8)14(19)20/h1-7H,(H,19,20). The molecule has 0 amide bonds. The molecule has 0 aliphatic heterocycles. The van der Waals surface area contributed by atoms with Gasteiger partial charge in [-0.25, -0.2) is 9.78 Å². The minimum absolute atomic E-state index is 0.189. The van der Waals surface area contributed by atoms with Gasteiger partial charge in [-0.15, -0.1) is 10.2 Å². The van der Waals surface area contributed by atoms with Gasteiger partial charge in [0.05, 0.1) is 11.1 Å². The van der Waals surface area contributed by atoms with Gasteiger partial charge in [-0.3, -0.25) is 0 Å². The molecule has 0 saturated heterocycles. The first-order valence-corrected chi connectivity index (χ1v) is 6.31. The Morgan fingerprint density at radius 1 is 1.10 bits per heavy atom. The van der Waals surface area contributed by atoms with E-state index in [4.69, 9.17) is 21.1 Å². The van der Waals surface area contributed by atoms with Crippen LogP contribution in [0.4, 0.5) is 0 Å². The molecule has 0 saturated carbocycles. The number of carboxylic acids is 1. The molecule has 0 spiro atoms. The molecule has 0 bridgehead atoms. The van der Waals surface area contributed by atoms with Crippen molar-refractivity contribution in [2.75, 3.05) is 0 Å². The number of nitrogens with zero attached hydrogens (tertiary/aromatic N) is 3. The van der Waals surface area contributed by atoms with Crippen molar-refractivity contribution in [1.82, 2.24) is 15.2 Å². The molecule has 104 valence electrons. The molecule has 3 aromatic rings. The fourth-order valence-corrected chi connectivity index (χ4v) is 1.95. The molecule has 6 nitrogen and oxygen atoms in total. The van der Waals surface area contributed by atoms with Gasteiger partial charge in [0.15, 0.2) is 0 Å². The second kappa shape index (κ2) is 5.34. The van der Waals surface area contributed by atoms with Crippen LogP contribution in [0.25, 0.3) is 22.9 Å². The highest BCUT2D eigenvalue weighted by Gasteiger charge is 2.14. The molecule has 0 unspecified atom stereocenters. The highest BCUT2D eigenvalue weighted by molar-refractivity contribution is 6.31. The maximum Gasteiger partial charge on any atom is 0.335 e. The van der Waals surface area contributed by atoms with Crippen LogP contribution in [0, 0.1) is 0 Å². The summed E-state index contributed by atoms with van der Waals surface area (Å²) < 4.78 is 5.54. The predicted octanol–water partition coefficient (Wildman–Crippen LogP) is 3.15. The number of carbonyl (C=O) groups is 1. The number of rotatable bonds is 3. The first-order chi connectivity index (χ1) is 10.1. The van der Waals surface area contributed by atoms with Crippen molar-refractivity contribution >= 4 is 17.6 Å². The quantitative estimate of drug-likeness (QED) is 0.747. The smallest absolute Gasteiger partial charge is 0.335 e. The number of hydrogen-bond acceptors (Lipinski definition) is 5. The predicted molar refractivity (Wildman–Crippen MR) is 74.9 cm³/mol. The summed E-state index contributed by atoms with van der Waals surface area (Å²) in [6, 6.07) is 9.58. The van der Waals surface area contributed by atoms with Crippen LogP contribution in [0.1, 0.15) is 10.4 Å². The van der Waals surface area contributed by atoms with Gasteiger partial charge in [-0.1, -0.05) is 11.6 Å². The zero-order chi connectivity index (χ0) is 14.8. The van der Waals surface area contributed by atoms with Gasteiger partial charge in [0.1, 0.15) is 5.15 Å². The van der Waals surface area contributed by atoms with Gasteiger partial charge < -0.3 is 9.52 Å². The lowest BCUT2D eigenvalue weighted by atomic mass is 10.1. The van der Waals surface area contributed by atoms with Gasteiger partial charge in [-0.05, 0) is 36.4 Å². The minimum Gasteiger partial charge on any atom is -0.478 e. The van der Waals surface area contributed by atoms with Crippen molar-refractivity contribution in [3.63, 3.8) is 0 Å². The number of carboxylic acid groups (broad SMARTS) is 1. The van der Waals surface area contributed by atoms with Gasteiger partial charge in [0.25, 0.3) is 5.89 Å². The van der Waals surface area contributed by atoms with E-state index in [1.54, 1.807) is 30.5 Å². The second-order valence-corrected chi connectivity index (χ2v) is 4.49. The number of pyridine rings is 1. The minimum atomic E-state index is -0.991. The lowest BCUT2D eigenvalue weighted by Gasteiger charge is -1.97. The largest absolute Gasteiger partial charge is 0.478 e. The third kappa shape index (κ3) is 2.61. The van der Waals surface area contributed by atoms with Gasteiger partial charge in [-0.2, -0.15) is 0 Å². The molecule has 0 radical (unpaired) electrons. The van der Waals surface area contributed by atoms with Crippen LogP contribution in [-0.2, 0) is 0 Å². The molecule has 2 heterocycles. The van der Waals surface area contributed by atoms with Crippen molar-refractivity contribution in [1.29, 1.82) is 0 Å². The van der Waals surface area contributed by atoms with Crippen molar-refractivity contribution in [3.05, 3.63) is 53.3 Å². The maximum atomic E-state index is 10.8. The van der Waals surface area contributed by atoms with E-state index in [0.717, 1.165) is 0 Å². The summed E-state index contributed by atoms with van der Waals surface area (Å²) in [5.74, 6) is -0.456. The van der Waals surface area contributed by atoms with Crippen LogP contribution in [0.15, 0.2) is 47.0 Å². The molecule has 0 fully saturated rings. The third-order valence-corrected chi connectivity index (χ3v) is 3.09. The fraction of sp³-hybridized carbons (Fsp3) is 0. The summed E-state index contributed by atoms with van der Waals surface area (Å²) in [7, 11) is 0. The molecular formula is C14H8ClN3O3. The fourth-order valence-electron chi connectivity index (χ4n) is 1.75. The topological polar surface area (TPSA) is 89.1 Å². The Morgan fingerprint density at radius 2 is 1.81 bits per heavy atom. The van der Waals surface area contributed by atoms with E-state index in [1.807, 2.05) is 0 Å². The average molecular weight is 302 g/mol. The van der Waals surface area contributed by atoms with Crippen LogP contribution in [0.2, 0.25) is 5.15 Å². The van der Waals surface area contributed by atoms with E-state index < -0.39 is 5.97 Å². The van der Waals surface area contributed by atoms with E-state index in [-0.39, 0.29) is 22.5 Å². The highest BCUT2D eigenvalue weighted by atomic mass is 35.5. The lowest BCUT2D eigenvalue weighted by molar-refractivity contribution is 0.0697. The first-order valence-electron chi connectivity index (χ1n) is 5.93. The number of benzene rings is 1. The molecule has 7 heteroatoms. The Hall–Kier alpha value is -2.73. The number of hydrogen-bond donors (Lipinski definition) is 1. The zero-order valence-corrected chi connectivity index (χ0v) is 11.3. The van der Waals surface area contributed by atoms with Crippen LogP contribution >= 0.6 is 11.6 Å². The maximum absolute atomic E-state index is 10.8. The Balaban J connectivity index is 1.95. The van der Waals surface area contributed by atoms with Crippen molar-refractivity contribution < 1.29 is 14.3 Å². The number of halogens is 1. The van der Waals surface area contributed by atoms with Gasteiger partial charge in [0, 0.05) is 11.8 Å². The van der Waals surface area contributed by atoms with Crippen LogP contribution in [0.3, 0.4) is 0 Å². The Bertz CT molecular complexity index is 799. The van der Waals surface area contributed by atoms with E-state index >= 15 is 0 Å². The van der Waals surface area contributed by atoms with E-state index in [0.29, 0.717) is 11.1 Å². The van der Waals surface area contributed by atoms with Crippen molar-refractivity contribution in [2.24, 2.45) is 0 Å². The summed E-state index contributed by atoms with van der Waals surface area (Å²) in [5.41, 5.74) is 1.35. The molecule has 0 aliphatic carbocycles. The summed E-state index contributed by atoms with van der Waals surface area (Å²) >= 11 is 5.97. The lowest BCUT2D eigenvalue weighted by Crippen LogP contribution is -1.94. The first kappa shape index (κ1) is 13.3. The average Bonchev–Trinajstić information content (AvgIpc) is 2.97. The van der Waals surface area contributed by atoms with Crippen LogP contribution < -0.4 is 0 Å². The summed E-state index contributed by atoms with van der Waals surface area (Å²) in [5, 5.41) is 17.0. The Kier molecular flexibility index (Phi) is 3.37. The summed E-state index contributed by atoms with van der Waals surface area (Å²) in [6.45, 7) is 0. The molecule has 1 N–H and O–H groups in total. The second-order valence-electron chi connectivity index (χ2n) is 4.14. The SMILES string of the molecule is O=C(O)c1ccc(-c2nnc(-c3cccnc3Cl)o2)cc1. The van der Waals surface area contributed by atoms with Crippen LogP contribution in [-0.4, -0.2) is 26.3 Å². The van der Waals surface area contributed by atoms with Crippen molar-refractivity contribution in [3.8, 4) is 22.9 Å². The Labute approximate surface area is 124 Å². The van der Waals surface area contributed by atoms with E-state index in [2.05, 4.69) is 15.2 Å². The molecule has 3 rings (SSSR count). The monoisotopic (exact) mass is 301 g/mol. The normalized spacial score (nSPS) is 10.5. The molecule has 21 heavy (non-hydrogen) atoms. The number of aromatic nitrogens is 3.